The highest BCUT2D eigenvalue weighted by Crippen LogP contribution is 1.87. The van der Waals surface area contributed by atoms with Crippen LogP contribution in [0.3, 0.4) is 0 Å². The van der Waals surface area contributed by atoms with Crippen LogP contribution >= 0.6 is 11.5 Å². The largest absolute Gasteiger partial charge is 0.365 e. The first-order valence-corrected chi connectivity index (χ1v) is 11.1. The Morgan fingerprint density at radius 3 is 1.83 bits per heavy atom. The topological polar surface area (TPSA) is 159 Å². The maximum Gasteiger partial charge on any atom is 0.137 e. The number of hydrogen-bond acceptors (Lipinski definition) is 11. The maximum atomic E-state index is 4.33. The van der Waals surface area contributed by atoms with Crippen LogP contribution in [0.25, 0.3) is 0 Å². The highest BCUT2D eigenvalue weighted by atomic mass is 32.1. The van der Waals surface area contributed by atoms with Gasteiger partial charge in [0.1, 0.15) is 18.9 Å². The standard InChI is InChI=1S/2C4H5N.2C3H4N2.C3H3NO.C3H3NS.C2H3N3/c6*1-2-4-5-3-1;1-3-2-5-4-1/h2*1,3-4H,2H2;1-2H,3H2;1-3H,(H,4,5);2*1-3H;1-2H,(H,3,4,5). The lowest BCUT2D eigenvalue weighted by Gasteiger charge is -1.56. The van der Waals surface area contributed by atoms with Gasteiger partial charge >= 0.3 is 0 Å². The van der Waals surface area contributed by atoms with E-state index in [0.29, 0.717) is 0 Å². The molecule has 13 heteroatoms. The molecule has 12 nitrogen and oxygen atoms in total. The van der Waals surface area contributed by atoms with Gasteiger partial charge in [-0.3, -0.25) is 20.2 Å². The SMILES string of the molecule is C1=CN=CC1.C1=CN=CC1.C1=CN=NC1.c1cn[nH]c1.c1cnoc1.c1cnsc1.c1nc[nH]n1. The first kappa shape index (κ1) is 28.4. The summed E-state index contributed by atoms with van der Waals surface area (Å²) in [5, 5.41) is 24.6. The van der Waals surface area contributed by atoms with Crippen molar-refractivity contribution in [1.29, 1.82) is 0 Å². The summed E-state index contributed by atoms with van der Waals surface area (Å²) in [6, 6.07) is 5.46. The van der Waals surface area contributed by atoms with E-state index in [1.54, 1.807) is 49.5 Å². The van der Waals surface area contributed by atoms with Gasteiger partial charge in [0, 0.05) is 67.8 Å². The van der Waals surface area contributed by atoms with E-state index in [1.165, 1.54) is 30.5 Å². The molecule has 0 saturated heterocycles. The van der Waals surface area contributed by atoms with Gasteiger partial charge in [0.05, 0.1) is 12.7 Å². The zero-order chi connectivity index (χ0) is 24.7. The van der Waals surface area contributed by atoms with E-state index >= 15 is 0 Å². The molecule has 4 aromatic rings. The molecular weight excluding hydrogens is 466 g/mol. The summed E-state index contributed by atoms with van der Waals surface area (Å²) in [6.45, 7) is 0.778. The minimum atomic E-state index is 0.778. The Bertz CT molecular complexity index is 766. The molecule has 0 aliphatic carbocycles. The van der Waals surface area contributed by atoms with Crippen LogP contribution in [-0.4, -0.2) is 53.9 Å². The lowest BCUT2D eigenvalue weighted by Crippen LogP contribution is -1.53. The van der Waals surface area contributed by atoms with Crippen molar-refractivity contribution in [2.75, 3.05) is 6.54 Å². The fourth-order valence-corrected chi connectivity index (χ4v) is 1.93. The van der Waals surface area contributed by atoms with Crippen molar-refractivity contribution in [3.05, 3.63) is 104 Å². The van der Waals surface area contributed by atoms with Crippen molar-refractivity contribution in [2.45, 2.75) is 12.8 Å². The number of nitrogens with zero attached hydrogens (tertiary/aromatic N) is 9. The number of aliphatic imine (C=N–C) groups is 2. The normalized spacial score (nSPS) is 12.1. The summed E-state index contributed by atoms with van der Waals surface area (Å²) in [5.74, 6) is 0. The number of hydrogen-bond donors (Lipinski definition) is 2. The Hall–Kier alpha value is -4.65. The number of nitrogens with one attached hydrogen (secondary N) is 2. The molecule has 0 fully saturated rings. The molecule has 0 saturated carbocycles. The highest BCUT2D eigenvalue weighted by Gasteiger charge is 1.74. The second-order valence-corrected chi connectivity index (χ2v) is 6.22. The molecule has 7 heterocycles. The molecule has 0 atom stereocenters. The van der Waals surface area contributed by atoms with Crippen LogP contribution in [0.2, 0.25) is 0 Å². The van der Waals surface area contributed by atoms with Gasteiger partial charge in [-0.1, -0.05) is 17.3 Å². The molecule has 35 heavy (non-hydrogen) atoms. The Morgan fingerprint density at radius 1 is 0.800 bits per heavy atom. The number of allylic oxidation sites excluding steroid dienone is 2. The predicted molar refractivity (Wildman–Crippen MR) is 137 cm³/mol. The van der Waals surface area contributed by atoms with Crippen molar-refractivity contribution >= 4 is 24.0 Å². The van der Waals surface area contributed by atoms with E-state index < -0.39 is 0 Å². The molecule has 3 aliphatic rings. The van der Waals surface area contributed by atoms with Crippen LogP contribution in [-0.2, 0) is 0 Å². The minimum Gasteiger partial charge on any atom is -0.365 e. The first-order valence-electron chi connectivity index (χ1n) is 10.3. The Labute approximate surface area is 207 Å². The molecule has 0 spiro atoms. The van der Waals surface area contributed by atoms with Gasteiger partial charge in [-0.25, -0.2) is 9.36 Å². The Morgan fingerprint density at radius 2 is 1.66 bits per heavy atom. The van der Waals surface area contributed by atoms with E-state index in [4.69, 9.17) is 0 Å². The Balaban J connectivity index is 0.000000204. The van der Waals surface area contributed by atoms with Crippen LogP contribution in [0, 0.1) is 0 Å². The zero-order valence-corrected chi connectivity index (χ0v) is 19.7. The summed E-state index contributed by atoms with van der Waals surface area (Å²) < 4.78 is 8.10. The van der Waals surface area contributed by atoms with Crippen molar-refractivity contribution < 1.29 is 4.52 Å². The monoisotopic (exact) mass is 493 g/mol. The zero-order valence-electron chi connectivity index (χ0n) is 18.9. The third kappa shape index (κ3) is 23.8. The number of rotatable bonds is 0. The van der Waals surface area contributed by atoms with Crippen LogP contribution in [0.15, 0.2) is 129 Å². The number of azo groups is 1. The van der Waals surface area contributed by atoms with E-state index in [0.717, 1.165) is 19.4 Å². The van der Waals surface area contributed by atoms with Gasteiger partial charge in [0.25, 0.3) is 0 Å². The minimum absolute atomic E-state index is 0.778. The number of aromatic nitrogens is 7. The second-order valence-electron chi connectivity index (χ2n) is 5.52. The summed E-state index contributed by atoms with van der Waals surface area (Å²) in [7, 11) is 0. The second kappa shape index (κ2) is 25.6. The van der Waals surface area contributed by atoms with Gasteiger partial charge in [-0.15, -0.1) is 0 Å². The third-order valence-corrected chi connectivity index (χ3v) is 3.47. The quantitative estimate of drug-likeness (QED) is 0.353. The summed E-state index contributed by atoms with van der Waals surface area (Å²) in [4.78, 5) is 11.1. The first-order chi connectivity index (χ1) is 17.5. The molecule has 0 amide bonds. The summed E-state index contributed by atoms with van der Waals surface area (Å²) in [5.41, 5.74) is 0. The third-order valence-electron chi connectivity index (χ3n) is 2.95. The van der Waals surface area contributed by atoms with E-state index in [1.807, 2.05) is 48.2 Å². The average Bonchev–Trinajstić information content (AvgIpc) is 3.81. The summed E-state index contributed by atoms with van der Waals surface area (Å²) >= 11 is 1.46. The van der Waals surface area contributed by atoms with Crippen molar-refractivity contribution in [1.82, 2.24) is 34.9 Å². The average molecular weight is 494 g/mol. The molecule has 0 bridgehead atoms. The molecule has 2 N–H and O–H groups in total. The molecular formula is C22H27N11OS. The molecule has 7 rings (SSSR count). The molecule has 3 aliphatic heterocycles. The summed E-state index contributed by atoms with van der Waals surface area (Å²) in [6.07, 6.45) is 28.3. The fourth-order valence-electron chi connectivity index (χ4n) is 1.58. The molecule has 4 aromatic heterocycles. The highest BCUT2D eigenvalue weighted by molar-refractivity contribution is 7.03. The molecule has 0 aromatic carbocycles. The van der Waals surface area contributed by atoms with Crippen molar-refractivity contribution in [3.63, 3.8) is 0 Å². The molecule has 182 valence electrons. The number of H-pyrrole nitrogens is 2. The molecule has 0 radical (unpaired) electrons. The van der Waals surface area contributed by atoms with Crippen LogP contribution in [0.1, 0.15) is 12.8 Å². The lowest BCUT2D eigenvalue weighted by molar-refractivity contribution is 0.420. The van der Waals surface area contributed by atoms with Gasteiger partial charge in [-0.05, 0) is 35.8 Å². The van der Waals surface area contributed by atoms with Gasteiger partial charge in [0.15, 0.2) is 0 Å². The Kier molecular flexibility index (Phi) is 20.8. The van der Waals surface area contributed by atoms with Gasteiger partial charge in [-0.2, -0.15) is 20.4 Å². The van der Waals surface area contributed by atoms with E-state index in [9.17, 15) is 0 Å². The predicted octanol–water partition coefficient (Wildman–Crippen LogP) is 4.95. The van der Waals surface area contributed by atoms with Crippen molar-refractivity contribution in [2.24, 2.45) is 20.2 Å². The fraction of sp³-hybridized carbons (Fsp3) is 0.136. The van der Waals surface area contributed by atoms with Crippen LogP contribution in [0.4, 0.5) is 0 Å². The van der Waals surface area contributed by atoms with Crippen molar-refractivity contribution in [3.8, 4) is 0 Å². The maximum absolute atomic E-state index is 4.33. The smallest absolute Gasteiger partial charge is 0.137 e. The van der Waals surface area contributed by atoms with Gasteiger partial charge in [0.2, 0.25) is 0 Å². The van der Waals surface area contributed by atoms with Crippen LogP contribution in [0.5, 0.6) is 0 Å². The lowest BCUT2D eigenvalue weighted by atomic mass is 10.5. The van der Waals surface area contributed by atoms with Gasteiger partial charge < -0.3 is 4.52 Å². The molecule has 0 unspecified atom stereocenters. The van der Waals surface area contributed by atoms with E-state index in [2.05, 4.69) is 59.6 Å². The van der Waals surface area contributed by atoms with Crippen LogP contribution < -0.4 is 0 Å². The number of aromatic amines is 2. The van der Waals surface area contributed by atoms with E-state index in [-0.39, 0.29) is 0 Å².